The molecule has 1 atom stereocenters. The van der Waals surface area contributed by atoms with Crippen molar-refractivity contribution in [2.75, 3.05) is 41.9 Å². The van der Waals surface area contributed by atoms with E-state index >= 15 is 0 Å². The number of fused-ring (bicyclic) bond motifs is 1. The van der Waals surface area contributed by atoms with E-state index in [1.54, 1.807) is 29.2 Å². The van der Waals surface area contributed by atoms with Crippen LogP contribution in [0.1, 0.15) is 34.1 Å². The molecule has 2 aliphatic heterocycles. The summed E-state index contributed by atoms with van der Waals surface area (Å²) < 4.78 is 28.6. The molecule has 2 aromatic carbocycles. The zero-order valence-electron chi connectivity index (χ0n) is 21.8. The summed E-state index contributed by atoms with van der Waals surface area (Å²) in [7, 11) is -3.88. The van der Waals surface area contributed by atoms with Crippen LogP contribution in [-0.2, 0) is 14.8 Å². The first kappa shape index (κ1) is 26.4. The Morgan fingerprint density at radius 3 is 2.36 bits per heavy atom. The normalized spacial score (nSPS) is 17.4. The molecule has 202 valence electrons. The number of carbonyl (C=O) groups is 2. The number of amides is 2. The lowest BCUT2D eigenvalue weighted by atomic mass is 9.98. The number of hydrogen-bond donors (Lipinski definition) is 1. The van der Waals surface area contributed by atoms with Crippen LogP contribution in [0, 0.1) is 6.92 Å². The van der Waals surface area contributed by atoms with Gasteiger partial charge in [-0.15, -0.1) is 0 Å². The molecule has 0 radical (unpaired) electrons. The van der Waals surface area contributed by atoms with Crippen LogP contribution in [0.5, 0.6) is 0 Å². The maximum absolute atomic E-state index is 13.6. The van der Waals surface area contributed by atoms with Gasteiger partial charge >= 0.3 is 0 Å². The minimum absolute atomic E-state index is 0.109. The Kier molecular flexibility index (Phi) is 7.38. The van der Waals surface area contributed by atoms with E-state index in [1.165, 1.54) is 22.5 Å². The second kappa shape index (κ2) is 10.9. The molecule has 10 heteroatoms. The number of carbonyl (C=O) groups excluding carboxylic acids is 2. The van der Waals surface area contributed by atoms with E-state index in [-0.39, 0.29) is 29.3 Å². The lowest BCUT2D eigenvalue weighted by Crippen LogP contribution is -2.49. The van der Waals surface area contributed by atoms with E-state index in [0.717, 1.165) is 17.1 Å². The number of rotatable bonds is 6. The number of benzene rings is 2. The molecule has 5 rings (SSSR count). The third-order valence-electron chi connectivity index (χ3n) is 7.16. The molecule has 0 aliphatic carbocycles. The number of anilines is 2. The fourth-order valence-corrected chi connectivity index (χ4v) is 6.59. The van der Waals surface area contributed by atoms with Crippen molar-refractivity contribution in [2.24, 2.45) is 0 Å². The number of hydrogen-bond acceptors (Lipinski definition) is 6. The molecule has 1 aromatic heterocycles. The van der Waals surface area contributed by atoms with Crippen molar-refractivity contribution >= 4 is 33.3 Å². The van der Waals surface area contributed by atoms with Crippen molar-refractivity contribution in [3.05, 3.63) is 96.2 Å². The van der Waals surface area contributed by atoms with Crippen molar-refractivity contribution < 1.29 is 18.0 Å². The largest absolute Gasteiger partial charge is 0.353 e. The molecule has 39 heavy (non-hydrogen) atoms. The number of nitrogens with zero attached hydrogens (tertiary/aromatic N) is 4. The molecule has 2 amide bonds. The van der Waals surface area contributed by atoms with Gasteiger partial charge in [0.25, 0.3) is 15.9 Å². The zero-order valence-corrected chi connectivity index (χ0v) is 22.6. The van der Waals surface area contributed by atoms with Gasteiger partial charge in [0.15, 0.2) is 0 Å². The summed E-state index contributed by atoms with van der Waals surface area (Å²) in [4.78, 5) is 33.7. The van der Waals surface area contributed by atoms with Gasteiger partial charge in [0.05, 0.1) is 16.6 Å². The molecule has 0 spiro atoms. The highest BCUT2D eigenvalue weighted by atomic mass is 32.2. The molecular formula is C29H31N5O4S. The van der Waals surface area contributed by atoms with E-state index in [2.05, 4.69) is 21.8 Å². The Morgan fingerprint density at radius 1 is 0.949 bits per heavy atom. The first-order valence-corrected chi connectivity index (χ1v) is 14.3. The van der Waals surface area contributed by atoms with Crippen molar-refractivity contribution in [1.29, 1.82) is 0 Å². The second-order valence-corrected chi connectivity index (χ2v) is 11.5. The van der Waals surface area contributed by atoms with Gasteiger partial charge in [0, 0.05) is 44.0 Å². The molecule has 0 bridgehead atoms. The van der Waals surface area contributed by atoms with Crippen LogP contribution in [0.15, 0.2) is 84.3 Å². The average Bonchev–Trinajstić information content (AvgIpc) is 2.97. The first-order valence-electron chi connectivity index (χ1n) is 12.9. The molecule has 2 aliphatic rings. The maximum atomic E-state index is 13.6. The van der Waals surface area contributed by atoms with Crippen molar-refractivity contribution in [1.82, 2.24) is 15.2 Å². The predicted molar refractivity (Wildman–Crippen MR) is 150 cm³/mol. The number of nitrogens with one attached hydrogen (secondary N) is 1. The zero-order chi connectivity index (χ0) is 27.6. The van der Waals surface area contributed by atoms with Crippen LogP contribution in [0.3, 0.4) is 0 Å². The summed E-state index contributed by atoms with van der Waals surface area (Å²) in [6.07, 6.45) is 1.63. The fourth-order valence-electron chi connectivity index (χ4n) is 5.08. The van der Waals surface area contributed by atoms with Gasteiger partial charge in [-0.05, 0) is 67.4 Å². The lowest BCUT2D eigenvalue weighted by molar-refractivity contribution is -0.117. The van der Waals surface area contributed by atoms with Gasteiger partial charge in [-0.2, -0.15) is 0 Å². The van der Waals surface area contributed by atoms with E-state index in [9.17, 15) is 18.0 Å². The molecular weight excluding hydrogens is 514 g/mol. The summed E-state index contributed by atoms with van der Waals surface area (Å²) in [5.74, 6) is 0.477. The number of aromatic nitrogens is 1. The summed E-state index contributed by atoms with van der Waals surface area (Å²) in [5.41, 5.74) is 2.66. The second-order valence-electron chi connectivity index (χ2n) is 9.63. The Labute approximate surface area is 228 Å². The Bertz CT molecular complexity index is 1500. The van der Waals surface area contributed by atoms with E-state index in [0.29, 0.717) is 43.9 Å². The van der Waals surface area contributed by atoms with Gasteiger partial charge in [-0.25, -0.2) is 13.4 Å². The van der Waals surface area contributed by atoms with Crippen molar-refractivity contribution in [3.63, 3.8) is 0 Å². The quantitative estimate of drug-likeness (QED) is 0.477. The number of sulfonamides is 1. The summed E-state index contributed by atoms with van der Waals surface area (Å²) >= 11 is 0. The molecule has 0 saturated carbocycles. The first-order chi connectivity index (χ1) is 18.8. The number of pyridine rings is 1. The topological polar surface area (TPSA) is 103 Å². The van der Waals surface area contributed by atoms with Crippen molar-refractivity contribution in [3.8, 4) is 0 Å². The van der Waals surface area contributed by atoms with Gasteiger partial charge in [0.1, 0.15) is 5.82 Å². The Hall–Kier alpha value is -4.18. The van der Waals surface area contributed by atoms with Crippen LogP contribution in [0.2, 0.25) is 0 Å². The highest BCUT2D eigenvalue weighted by Gasteiger charge is 2.33. The summed E-state index contributed by atoms with van der Waals surface area (Å²) in [6.45, 7) is 8.13. The predicted octanol–water partition coefficient (Wildman–Crippen LogP) is 3.29. The molecule has 3 heterocycles. The Morgan fingerprint density at radius 2 is 1.67 bits per heavy atom. The Balaban J connectivity index is 1.29. The lowest BCUT2D eigenvalue weighted by Gasteiger charge is -2.36. The van der Waals surface area contributed by atoms with Crippen LogP contribution in [-0.4, -0.2) is 62.8 Å². The standard InChI is InChI=1S/C29H31N5O4S/c1-3-28(35)31-25-15-16-34(26-9-5-4-8-24(25)26)39(37,38)23-13-11-22(12-14-23)29(36)33-19-17-32(18-20-33)27-10-6-7-21(2)30-27/h3-14,25H,1,15-20H2,2H3,(H,31,35). The molecule has 9 nitrogen and oxygen atoms in total. The number of piperazine rings is 1. The van der Waals surface area contributed by atoms with E-state index < -0.39 is 10.0 Å². The van der Waals surface area contributed by atoms with E-state index in [4.69, 9.17) is 0 Å². The third-order valence-corrected chi connectivity index (χ3v) is 8.98. The van der Waals surface area contributed by atoms with Gasteiger partial charge in [-0.1, -0.05) is 30.8 Å². The van der Waals surface area contributed by atoms with Crippen molar-refractivity contribution in [2.45, 2.75) is 24.3 Å². The minimum atomic E-state index is -3.88. The van der Waals surface area contributed by atoms with Crippen LogP contribution in [0.4, 0.5) is 11.5 Å². The third kappa shape index (κ3) is 5.37. The molecule has 1 unspecified atom stereocenters. The maximum Gasteiger partial charge on any atom is 0.264 e. The fraction of sp³-hybridized carbons (Fsp3) is 0.276. The minimum Gasteiger partial charge on any atom is -0.353 e. The monoisotopic (exact) mass is 545 g/mol. The molecule has 1 fully saturated rings. The van der Waals surface area contributed by atoms with Crippen LogP contribution in [0.25, 0.3) is 0 Å². The summed E-state index contributed by atoms with van der Waals surface area (Å²) in [6, 6.07) is 18.9. The van der Waals surface area contributed by atoms with Crippen LogP contribution >= 0.6 is 0 Å². The van der Waals surface area contributed by atoms with Gasteiger partial charge in [0.2, 0.25) is 5.91 Å². The number of para-hydroxylation sites is 1. The number of aryl methyl sites for hydroxylation is 1. The summed E-state index contributed by atoms with van der Waals surface area (Å²) in [5, 5.41) is 2.87. The van der Waals surface area contributed by atoms with E-state index in [1.807, 2.05) is 37.3 Å². The van der Waals surface area contributed by atoms with Gasteiger partial charge in [-0.3, -0.25) is 13.9 Å². The molecule has 1 N–H and O–H groups in total. The highest BCUT2D eigenvalue weighted by Crippen LogP contribution is 2.37. The smallest absolute Gasteiger partial charge is 0.264 e. The molecule has 1 saturated heterocycles. The highest BCUT2D eigenvalue weighted by molar-refractivity contribution is 7.92. The SMILES string of the molecule is C=CC(=O)NC1CCN(S(=O)(=O)c2ccc(C(=O)N3CCN(c4cccc(C)n4)CC3)cc2)c2ccccc21. The van der Waals surface area contributed by atoms with Crippen LogP contribution < -0.4 is 14.5 Å². The average molecular weight is 546 g/mol. The van der Waals surface area contributed by atoms with Gasteiger partial charge < -0.3 is 15.1 Å². The molecule has 3 aromatic rings.